The van der Waals surface area contributed by atoms with Crippen LogP contribution >= 0.6 is 0 Å². The highest BCUT2D eigenvalue weighted by Gasteiger charge is 2.45. The Morgan fingerprint density at radius 2 is 2.05 bits per heavy atom. The standard InChI is InChI=1S/C17H28OSi/c1-14-10-12-17(11-8-7-9-15(14)17)13-18-19(5,6)16(2,3)4/h7-9,11,15H,1,10,12-13H2,2-6H3/t15-,17+/m1/s1. The molecule has 0 saturated heterocycles. The molecule has 2 heteroatoms. The van der Waals surface area contributed by atoms with E-state index >= 15 is 0 Å². The second-order valence-electron chi connectivity index (χ2n) is 7.66. The van der Waals surface area contributed by atoms with Gasteiger partial charge in [0.05, 0.1) is 0 Å². The maximum absolute atomic E-state index is 6.50. The summed E-state index contributed by atoms with van der Waals surface area (Å²) in [6.07, 6.45) is 11.3. The van der Waals surface area contributed by atoms with Crippen molar-refractivity contribution < 1.29 is 4.43 Å². The molecule has 0 bridgehead atoms. The molecule has 0 aromatic rings. The number of hydrogen-bond acceptors (Lipinski definition) is 1. The van der Waals surface area contributed by atoms with Gasteiger partial charge in [0.2, 0.25) is 0 Å². The minimum Gasteiger partial charge on any atom is -0.416 e. The van der Waals surface area contributed by atoms with E-state index < -0.39 is 8.32 Å². The zero-order chi connectivity index (χ0) is 14.3. The number of rotatable bonds is 3. The van der Waals surface area contributed by atoms with Gasteiger partial charge >= 0.3 is 0 Å². The van der Waals surface area contributed by atoms with E-state index in [2.05, 4.69) is 64.7 Å². The minimum absolute atomic E-state index is 0.182. The predicted molar refractivity (Wildman–Crippen MR) is 85.7 cm³/mol. The molecule has 1 fully saturated rings. The van der Waals surface area contributed by atoms with Crippen LogP contribution in [0.5, 0.6) is 0 Å². The normalized spacial score (nSPS) is 30.8. The van der Waals surface area contributed by atoms with Crippen LogP contribution < -0.4 is 0 Å². The Hall–Kier alpha value is -0.603. The fourth-order valence-electron chi connectivity index (χ4n) is 2.79. The highest BCUT2D eigenvalue weighted by atomic mass is 28.4. The van der Waals surface area contributed by atoms with E-state index in [0.717, 1.165) is 13.0 Å². The van der Waals surface area contributed by atoms with E-state index in [1.54, 1.807) is 0 Å². The van der Waals surface area contributed by atoms with Crippen molar-refractivity contribution in [2.45, 2.75) is 51.7 Å². The van der Waals surface area contributed by atoms with Crippen LogP contribution in [-0.4, -0.2) is 14.9 Å². The van der Waals surface area contributed by atoms with Gasteiger partial charge in [0.15, 0.2) is 8.32 Å². The summed E-state index contributed by atoms with van der Waals surface area (Å²) >= 11 is 0. The van der Waals surface area contributed by atoms with E-state index in [1.165, 1.54) is 12.0 Å². The zero-order valence-corrected chi connectivity index (χ0v) is 14.1. The Bertz CT molecular complexity index is 425. The van der Waals surface area contributed by atoms with Crippen molar-refractivity contribution in [2.75, 3.05) is 6.61 Å². The summed E-state index contributed by atoms with van der Waals surface area (Å²) in [5.74, 6) is 0.488. The molecule has 1 saturated carbocycles. The molecular weight excluding hydrogens is 248 g/mol. The maximum Gasteiger partial charge on any atom is 0.192 e. The highest BCUT2D eigenvalue weighted by Crippen LogP contribution is 2.50. The van der Waals surface area contributed by atoms with Gasteiger partial charge in [-0.1, -0.05) is 57.2 Å². The van der Waals surface area contributed by atoms with Gasteiger partial charge in [-0.05, 0) is 31.0 Å². The molecule has 0 aromatic carbocycles. The third kappa shape index (κ3) is 2.66. The number of hydrogen-bond donors (Lipinski definition) is 0. The average Bonchev–Trinajstić information content (AvgIpc) is 2.65. The molecule has 2 aliphatic rings. The first-order valence-electron chi connectivity index (χ1n) is 7.36. The molecule has 0 amide bonds. The smallest absolute Gasteiger partial charge is 0.192 e. The van der Waals surface area contributed by atoms with Crippen molar-refractivity contribution in [3.05, 3.63) is 36.5 Å². The van der Waals surface area contributed by atoms with E-state index in [1.807, 2.05) is 0 Å². The van der Waals surface area contributed by atoms with Crippen LogP contribution in [0.15, 0.2) is 36.5 Å². The minimum atomic E-state index is -1.66. The highest BCUT2D eigenvalue weighted by molar-refractivity contribution is 6.74. The van der Waals surface area contributed by atoms with Gasteiger partial charge in [0.1, 0.15) is 0 Å². The lowest BCUT2D eigenvalue weighted by Gasteiger charge is -2.41. The van der Waals surface area contributed by atoms with E-state index in [-0.39, 0.29) is 10.5 Å². The predicted octanol–water partition coefficient (Wildman–Crippen LogP) is 5.09. The van der Waals surface area contributed by atoms with Gasteiger partial charge in [-0.15, -0.1) is 0 Å². The molecule has 2 atom stereocenters. The first-order chi connectivity index (χ1) is 8.68. The Morgan fingerprint density at radius 1 is 1.37 bits per heavy atom. The van der Waals surface area contributed by atoms with Crippen LogP contribution in [0, 0.1) is 11.3 Å². The van der Waals surface area contributed by atoms with Gasteiger partial charge in [-0.25, -0.2) is 0 Å². The lowest BCUT2D eigenvalue weighted by molar-refractivity contribution is 0.158. The monoisotopic (exact) mass is 276 g/mol. The Kier molecular flexibility index (Phi) is 3.70. The van der Waals surface area contributed by atoms with E-state index in [9.17, 15) is 0 Å². The van der Waals surface area contributed by atoms with Crippen LogP contribution in [0.2, 0.25) is 18.1 Å². The lowest BCUT2D eigenvalue weighted by Crippen LogP contribution is -2.44. The van der Waals surface area contributed by atoms with Gasteiger partial charge in [0.25, 0.3) is 0 Å². The van der Waals surface area contributed by atoms with E-state index in [0.29, 0.717) is 5.92 Å². The third-order valence-corrected chi connectivity index (χ3v) is 9.80. The van der Waals surface area contributed by atoms with Crippen LogP contribution in [0.4, 0.5) is 0 Å². The number of allylic oxidation sites excluding steroid dienone is 4. The summed E-state index contributed by atoms with van der Waals surface area (Å²) < 4.78 is 6.50. The van der Waals surface area contributed by atoms with Crippen LogP contribution in [0.25, 0.3) is 0 Å². The van der Waals surface area contributed by atoms with Gasteiger partial charge < -0.3 is 4.43 Å². The van der Waals surface area contributed by atoms with Crippen LogP contribution in [0.3, 0.4) is 0 Å². The molecule has 0 spiro atoms. The Balaban J connectivity index is 2.13. The molecule has 19 heavy (non-hydrogen) atoms. The zero-order valence-electron chi connectivity index (χ0n) is 13.1. The van der Waals surface area contributed by atoms with Gasteiger partial charge in [-0.3, -0.25) is 0 Å². The molecule has 2 rings (SSSR count). The summed E-state index contributed by atoms with van der Waals surface area (Å²) in [7, 11) is -1.66. The van der Waals surface area contributed by atoms with Crippen molar-refractivity contribution in [1.82, 2.24) is 0 Å². The molecular formula is C17H28OSi. The quantitative estimate of drug-likeness (QED) is 0.515. The Morgan fingerprint density at radius 3 is 2.68 bits per heavy atom. The SMILES string of the molecule is C=C1CC[C@]2(CO[Si](C)(C)C(C)(C)C)C=CC=C[C@H]12. The molecule has 0 heterocycles. The second-order valence-corrected chi connectivity index (χ2v) is 12.5. The van der Waals surface area contributed by atoms with E-state index in [4.69, 9.17) is 4.43 Å². The summed E-state index contributed by atoms with van der Waals surface area (Å²) in [4.78, 5) is 0. The summed E-state index contributed by atoms with van der Waals surface area (Å²) in [6.45, 7) is 16.7. The lowest BCUT2D eigenvalue weighted by atomic mass is 9.75. The molecule has 1 nitrogen and oxygen atoms in total. The topological polar surface area (TPSA) is 9.23 Å². The van der Waals surface area contributed by atoms with Crippen molar-refractivity contribution in [3.63, 3.8) is 0 Å². The Labute approximate surface area is 119 Å². The molecule has 2 aliphatic carbocycles. The largest absolute Gasteiger partial charge is 0.416 e. The summed E-state index contributed by atoms with van der Waals surface area (Å²) in [6, 6.07) is 0. The number of fused-ring (bicyclic) bond motifs is 1. The fourth-order valence-corrected chi connectivity index (χ4v) is 3.85. The van der Waals surface area contributed by atoms with Crippen LogP contribution in [-0.2, 0) is 4.43 Å². The van der Waals surface area contributed by atoms with Crippen molar-refractivity contribution in [1.29, 1.82) is 0 Å². The van der Waals surface area contributed by atoms with Crippen molar-refractivity contribution in [2.24, 2.45) is 11.3 Å². The molecule has 0 radical (unpaired) electrons. The maximum atomic E-state index is 6.50. The van der Waals surface area contributed by atoms with Gasteiger partial charge in [0, 0.05) is 17.9 Å². The molecule has 0 aromatic heterocycles. The molecule has 106 valence electrons. The summed E-state index contributed by atoms with van der Waals surface area (Å²) in [5.41, 5.74) is 1.56. The first-order valence-corrected chi connectivity index (χ1v) is 10.3. The fraction of sp³-hybridized carbons (Fsp3) is 0.647. The van der Waals surface area contributed by atoms with Crippen LogP contribution in [0.1, 0.15) is 33.6 Å². The van der Waals surface area contributed by atoms with Crippen molar-refractivity contribution >= 4 is 8.32 Å². The van der Waals surface area contributed by atoms with Crippen molar-refractivity contribution in [3.8, 4) is 0 Å². The average molecular weight is 276 g/mol. The summed E-state index contributed by atoms with van der Waals surface area (Å²) in [5, 5.41) is 0.281. The second kappa shape index (κ2) is 4.74. The molecule has 0 aliphatic heterocycles. The first kappa shape index (κ1) is 14.8. The van der Waals surface area contributed by atoms with Gasteiger partial charge in [-0.2, -0.15) is 0 Å². The third-order valence-electron chi connectivity index (χ3n) is 5.32. The molecule has 0 unspecified atom stereocenters. The molecule has 0 N–H and O–H groups in total.